The summed E-state index contributed by atoms with van der Waals surface area (Å²) in [4.78, 5) is 78.4. The minimum atomic E-state index is -1.59. The second-order valence-corrected chi connectivity index (χ2v) is 16.4. The van der Waals surface area contributed by atoms with Crippen molar-refractivity contribution < 1.29 is 57.2 Å². The lowest BCUT2D eigenvalue weighted by atomic mass is 9.86. The van der Waals surface area contributed by atoms with Gasteiger partial charge in [-0.25, -0.2) is 19.2 Å². The molecular weight excluding hydrogens is 821 g/mol. The van der Waals surface area contributed by atoms with Gasteiger partial charge in [-0.3, -0.25) is 20.2 Å². The van der Waals surface area contributed by atoms with Crippen molar-refractivity contribution in [2.75, 3.05) is 30.5 Å². The smallest absolute Gasteiger partial charge is 0.412 e. The maximum atomic E-state index is 13.6. The van der Waals surface area contributed by atoms with Gasteiger partial charge in [-0.2, -0.15) is 0 Å². The molecule has 0 saturated heterocycles. The average Bonchev–Trinajstić information content (AvgIpc) is 3.26. The van der Waals surface area contributed by atoms with E-state index in [1.165, 1.54) is 34.6 Å². The van der Waals surface area contributed by atoms with Gasteiger partial charge in [0.05, 0.1) is 22.7 Å². The molecule has 0 aliphatic heterocycles. The highest BCUT2D eigenvalue weighted by atomic mass is 16.6. The zero-order valence-corrected chi connectivity index (χ0v) is 37.3. The van der Waals surface area contributed by atoms with Crippen molar-refractivity contribution in [3.63, 3.8) is 0 Å². The Hall–Kier alpha value is -7.22. The van der Waals surface area contributed by atoms with Gasteiger partial charge in [-0.15, -0.1) is 0 Å². The number of hydrogen-bond acceptors (Lipinski definition) is 12. The number of carbonyl (C=O) groups is 6. The number of esters is 4. The molecule has 2 N–H and O–H groups in total. The number of rotatable bonds is 20. The van der Waals surface area contributed by atoms with Crippen molar-refractivity contribution in [3.05, 3.63) is 133 Å². The van der Waals surface area contributed by atoms with Gasteiger partial charge in [0.25, 0.3) is 0 Å². The molecule has 0 fully saturated rings. The van der Waals surface area contributed by atoms with Gasteiger partial charge in [0.15, 0.2) is 12.2 Å². The van der Waals surface area contributed by atoms with Crippen molar-refractivity contribution in [2.45, 2.75) is 72.7 Å². The Morgan fingerprint density at radius 3 is 1.56 bits per heavy atom. The molecule has 0 heterocycles. The number of anilines is 2. The molecular formula is C50H56N2O12. The SMILES string of the molecule is C=C(C)C(=O)OCC(COC(=O)C(C)(C)CC(=C)C(=O)OC(C)(C)C(COC(=O)C(C)C)OC(=O)Nc1ccccc1-c1ccccc1)OC(=O)Nc1ccccc1-c1ccccc1. The summed E-state index contributed by atoms with van der Waals surface area (Å²) in [5, 5.41) is 5.44. The van der Waals surface area contributed by atoms with Crippen LogP contribution in [0.2, 0.25) is 0 Å². The lowest BCUT2D eigenvalue weighted by Gasteiger charge is -2.34. The Kier molecular flexibility index (Phi) is 17.6. The van der Waals surface area contributed by atoms with E-state index >= 15 is 0 Å². The van der Waals surface area contributed by atoms with Gasteiger partial charge in [0, 0.05) is 22.3 Å². The average molecular weight is 877 g/mol. The van der Waals surface area contributed by atoms with Crippen LogP contribution in [-0.2, 0) is 47.6 Å². The zero-order chi connectivity index (χ0) is 47.0. The number of benzene rings is 4. The van der Waals surface area contributed by atoms with E-state index in [9.17, 15) is 28.8 Å². The first-order valence-electron chi connectivity index (χ1n) is 20.6. The van der Waals surface area contributed by atoms with Crippen LogP contribution in [0.3, 0.4) is 0 Å². The number of amides is 2. The number of hydrogen-bond donors (Lipinski definition) is 2. The normalized spacial score (nSPS) is 12.1. The molecule has 338 valence electrons. The summed E-state index contributed by atoms with van der Waals surface area (Å²) < 4.78 is 33.4. The highest BCUT2D eigenvalue weighted by molar-refractivity contribution is 5.93. The standard InChI is InChI=1S/C50H56N2O12/c1-32(2)43(53)59-29-37(62-47(57)51-40-26-18-16-24-38(40)35-20-12-10-13-21-35)30-61-46(56)49(6,7)28-34(5)45(55)64-50(8,9)42(31-60-44(54)33(3)4)63-48(58)52-41-27-19-17-25-39(41)36-22-14-11-15-23-36/h10-27,33,37,42H,1,5,28-31H2,2-4,6-9H3,(H,51,57)(H,52,58). The molecule has 0 aliphatic carbocycles. The number of para-hydroxylation sites is 2. The van der Waals surface area contributed by atoms with E-state index in [0.29, 0.717) is 11.4 Å². The lowest BCUT2D eigenvalue weighted by molar-refractivity contribution is -0.171. The van der Waals surface area contributed by atoms with Crippen LogP contribution in [0.5, 0.6) is 0 Å². The third-order valence-corrected chi connectivity index (χ3v) is 9.65. The van der Waals surface area contributed by atoms with Crippen LogP contribution in [0, 0.1) is 11.3 Å². The Bertz CT molecular complexity index is 2300. The molecule has 0 saturated carbocycles. The van der Waals surface area contributed by atoms with E-state index < -0.39 is 85.0 Å². The Morgan fingerprint density at radius 1 is 0.594 bits per heavy atom. The monoisotopic (exact) mass is 876 g/mol. The van der Waals surface area contributed by atoms with Gasteiger partial charge in [0.2, 0.25) is 0 Å². The van der Waals surface area contributed by atoms with Gasteiger partial charge in [0.1, 0.15) is 25.4 Å². The van der Waals surface area contributed by atoms with Crippen LogP contribution in [-0.4, -0.2) is 73.7 Å². The minimum Gasteiger partial charge on any atom is -0.461 e. The molecule has 2 atom stereocenters. The van der Waals surface area contributed by atoms with Crippen LogP contribution in [0.1, 0.15) is 54.9 Å². The molecule has 2 amide bonds. The molecule has 0 spiro atoms. The van der Waals surface area contributed by atoms with E-state index in [0.717, 1.165) is 22.3 Å². The third-order valence-electron chi connectivity index (χ3n) is 9.65. The van der Waals surface area contributed by atoms with Gasteiger partial charge >= 0.3 is 36.1 Å². The second-order valence-electron chi connectivity index (χ2n) is 16.4. The fourth-order valence-corrected chi connectivity index (χ4v) is 6.01. The van der Waals surface area contributed by atoms with Gasteiger partial charge < -0.3 is 28.4 Å². The molecule has 64 heavy (non-hydrogen) atoms. The van der Waals surface area contributed by atoms with E-state index in [1.807, 2.05) is 84.9 Å². The van der Waals surface area contributed by atoms with Crippen LogP contribution < -0.4 is 10.6 Å². The number of ether oxygens (including phenoxy) is 6. The van der Waals surface area contributed by atoms with Gasteiger partial charge in [-0.05, 0) is 64.3 Å². The molecule has 0 aromatic heterocycles. The fourth-order valence-electron chi connectivity index (χ4n) is 6.01. The maximum absolute atomic E-state index is 13.6. The van der Waals surface area contributed by atoms with Gasteiger partial charge in [-0.1, -0.05) is 124 Å². The van der Waals surface area contributed by atoms with Crippen molar-refractivity contribution in [1.29, 1.82) is 0 Å². The van der Waals surface area contributed by atoms with Crippen LogP contribution in [0.15, 0.2) is 133 Å². The quantitative estimate of drug-likeness (QED) is 0.0488. The molecule has 14 heteroatoms. The van der Waals surface area contributed by atoms with Crippen LogP contribution in [0.4, 0.5) is 21.0 Å². The van der Waals surface area contributed by atoms with Crippen LogP contribution >= 0.6 is 0 Å². The Balaban J connectivity index is 1.41. The lowest BCUT2D eigenvalue weighted by Crippen LogP contribution is -2.48. The number of nitrogens with one attached hydrogen (secondary N) is 2. The number of carbonyl (C=O) groups excluding carboxylic acids is 6. The summed E-state index contributed by atoms with van der Waals surface area (Å²) in [6, 6.07) is 33.0. The van der Waals surface area contributed by atoms with Crippen molar-refractivity contribution in [2.24, 2.45) is 11.3 Å². The largest absolute Gasteiger partial charge is 0.461 e. The summed E-state index contributed by atoms with van der Waals surface area (Å²) in [7, 11) is 0. The summed E-state index contributed by atoms with van der Waals surface area (Å²) in [6.45, 7) is 16.7. The first-order valence-corrected chi connectivity index (χ1v) is 20.6. The molecule has 0 aliphatic rings. The zero-order valence-electron chi connectivity index (χ0n) is 37.3. The molecule has 0 radical (unpaired) electrons. The Labute approximate surface area is 373 Å². The van der Waals surface area contributed by atoms with Crippen molar-refractivity contribution >= 4 is 47.4 Å². The molecule has 2 unspecified atom stereocenters. The topological polar surface area (TPSA) is 182 Å². The van der Waals surface area contributed by atoms with E-state index in [4.69, 9.17) is 28.4 Å². The summed E-state index contributed by atoms with van der Waals surface area (Å²) >= 11 is 0. The second kappa shape index (κ2) is 22.7. The highest BCUT2D eigenvalue weighted by Crippen LogP contribution is 2.32. The Morgan fingerprint density at radius 2 is 1.06 bits per heavy atom. The van der Waals surface area contributed by atoms with E-state index in [1.54, 1.807) is 38.1 Å². The fraction of sp³-hybridized carbons (Fsp3) is 0.320. The van der Waals surface area contributed by atoms with Crippen molar-refractivity contribution in [1.82, 2.24) is 0 Å². The summed E-state index contributed by atoms with van der Waals surface area (Å²) in [5.41, 5.74) is 1.05. The van der Waals surface area contributed by atoms with E-state index in [-0.39, 0.29) is 17.6 Å². The molecule has 4 aromatic rings. The van der Waals surface area contributed by atoms with Crippen LogP contribution in [0.25, 0.3) is 22.3 Å². The first kappa shape index (κ1) is 49.4. The summed E-state index contributed by atoms with van der Waals surface area (Å²) in [5.74, 6) is -3.53. The minimum absolute atomic E-state index is 0.106. The molecule has 4 rings (SSSR count). The van der Waals surface area contributed by atoms with Crippen molar-refractivity contribution in [3.8, 4) is 22.3 Å². The predicted octanol–water partition coefficient (Wildman–Crippen LogP) is 9.71. The third kappa shape index (κ3) is 14.7. The predicted molar refractivity (Wildman–Crippen MR) is 242 cm³/mol. The molecule has 4 aromatic carbocycles. The highest BCUT2D eigenvalue weighted by Gasteiger charge is 2.40. The maximum Gasteiger partial charge on any atom is 0.412 e. The molecule has 14 nitrogen and oxygen atoms in total. The van der Waals surface area contributed by atoms with E-state index in [2.05, 4.69) is 23.8 Å². The first-order chi connectivity index (χ1) is 30.3. The summed E-state index contributed by atoms with van der Waals surface area (Å²) in [6.07, 6.45) is -4.59. The molecule has 0 bridgehead atoms.